The van der Waals surface area contributed by atoms with Gasteiger partial charge >= 0.3 is 0 Å². The van der Waals surface area contributed by atoms with E-state index in [1.54, 1.807) is 0 Å². The van der Waals surface area contributed by atoms with E-state index in [0.717, 1.165) is 0 Å². The molecule has 1 heterocycles. The maximum Gasteiger partial charge on any atom is 0.288 e. The highest BCUT2D eigenvalue weighted by atomic mass is 35.5. The Bertz CT molecular complexity index is 712. The van der Waals surface area contributed by atoms with Crippen molar-refractivity contribution in [2.75, 3.05) is 5.43 Å². The summed E-state index contributed by atoms with van der Waals surface area (Å²) < 4.78 is 0. The van der Waals surface area contributed by atoms with E-state index in [1.807, 2.05) is 0 Å². The van der Waals surface area contributed by atoms with Crippen molar-refractivity contribution in [3.05, 3.63) is 56.8 Å². The minimum absolute atomic E-state index is 0.0821. The quantitative estimate of drug-likeness (QED) is 0.731. The molecule has 0 aliphatic rings. The van der Waals surface area contributed by atoms with Crippen LogP contribution in [0.2, 0.25) is 15.1 Å². The van der Waals surface area contributed by atoms with Gasteiger partial charge in [0.25, 0.3) is 5.91 Å². The predicted octanol–water partition coefficient (Wildman–Crippen LogP) is 2.90. The fourth-order valence-corrected chi connectivity index (χ4v) is 2.43. The lowest BCUT2D eigenvalue weighted by Gasteiger charge is -2.11. The van der Waals surface area contributed by atoms with E-state index < -0.39 is 11.8 Å². The van der Waals surface area contributed by atoms with Gasteiger partial charge in [0.15, 0.2) is 0 Å². The third-order valence-electron chi connectivity index (χ3n) is 2.59. The van der Waals surface area contributed by atoms with Crippen molar-refractivity contribution in [2.24, 2.45) is 5.73 Å². The summed E-state index contributed by atoms with van der Waals surface area (Å²) in [5.74, 6) is -1.17. The fourth-order valence-electron chi connectivity index (χ4n) is 1.52. The van der Waals surface area contributed by atoms with E-state index in [9.17, 15) is 9.59 Å². The molecule has 22 heavy (non-hydrogen) atoms. The minimum atomic E-state index is -0.627. The Kier molecular flexibility index (Phi) is 5.07. The smallest absolute Gasteiger partial charge is 0.288 e. The lowest BCUT2D eigenvalue weighted by atomic mass is 10.2. The first kappa shape index (κ1) is 16.4. The molecule has 2 rings (SSSR count). The zero-order valence-electron chi connectivity index (χ0n) is 10.9. The number of hydrogen-bond acceptors (Lipinski definition) is 4. The Morgan fingerprint density at radius 2 is 1.73 bits per heavy atom. The molecule has 0 aliphatic heterocycles. The monoisotopic (exact) mass is 358 g/mol. The number of aromatic nitrogens is 1. The topological polar surface area (TPSA) is 97.1 Å². The average Bonchev–Trinajstić information content (AvgIpc) is 2.46. The summed E-state index contributed by atoms with van der Waals surface area (Å²) in [6.07, 6.45) is 1.21. The highest BCUT2D eigenvalue weighted by molar-refractivity contribution is 6.41. The number of pyridine rings is 1. The number of hydrazine groups is 1. The number of carbonyl (C=O) groups excluding carboxylic acids is 2. The van der Waals surface area contributed by atoms with Gasteiger partial charge in [-0.15, -0.1) is 0 Å². The first-order chi connectivity index (χ1) is 10.4. The van der Waals surface area contributed by atoms with E-state index in [4.69, 9.17) is 40.5 Å². The lowest BCUT2D eigenvalue weighted by molar-refractivity contribution is 0.0954. The Hall–Kier alpha value is -2.02. The molecule has 1 aromatic carbocycles. The summed E-state index contributed by atoms with van der Waals surface area (Å²) in [7, 11) is 0. The summed E-state index contributed by atoms with van der Waals surface area (Å²) in [5, 5.41) is 0.861. The van der Waals surface area contributed by atoms with Gasteiger partial charge in [-0.1, -0.05) is 34.8 Å². The molecule has 0 saturated heterocycles. The summed E-state index contributed by atoms with van der Waals surface area (Å²) in [6.45, 7) is 0. The van der Waals surface area contributed by atoms with Gasteiger partial charge in [0, 0.05) is 11.2 Å². The SMILES string of the molecule is NC(=O)c1ccc(C(=O)NNc2c(Cl)cc(Cl)cc2Cl)nc1. The highest BCUT2D eigenvalue weighted by Gasteiger charge is 2.11. The molecule has 6 nitrogen and oxygen atoms in total. The average molecular weight is 360 g/mol. The summed E-state index contributed by atoms with van der Waals surface area (Å²) in [5.41, 5.74) is 10.6. The molecule has 114 valence electrons. The number of hydrogen-bond donors (Lipinski definition) is 3. The molecule has 0 fully saturated rings. The molecular formula is C13H9Cl3N4O2. The second-order valence-corrected chi connectivity index (χ2v) is 5.37. The Morgan fingerprint density at radius 1 is 1.09 bits per heavy atom. The van der Waals surface area contributed by atoms with Gasteiger partial charge in [-0.2, -0.15) is 0 Å². The van der Waals surface area contributed by atoms with Crippen LogP contribution in [0.3, 0.4) is 0 Å². The number of halogens is 3. The van der Waals surface area contributed by atoms with Crippen LogP contribution < -0.4 is 16.6 Å². The van der Waals surface area contributed by atoms with Crippen LogP contribution >= 0.6 is 34.8 Å². The van der Waals surface area contributed by atoms with E-state index in [0.29, 0.717) is 10.7 Å². The van der Waals surface area contributed by atoms with Gasteiger partial charge in [-0.3, -0.25) is 25.4 Å². The standard InChI is InChI=1S/C13H9Cl3N4O2/c14-7-3-8(15)11(9(16)4-7)19-20-13(22)10-2-1-6(5-18-10)12(17)21/h1-5,19H,(H2,17,21)(H,20,22). The summed E-state index contributed by atoms with van der Waals surface area (Å²) >= 11 is 17.7. The molecule has 1 aromatic heterocycles. The van der Waals surface area contributed by atoms with Gasteiger partial charge in [0.2, 0.25) is 5.91 Å². The predicted molar refractivity (Wildman–Crippen MR) is 85.3 cm³/mol. The van der Waals surface area contributed by atoms with Crippen molar-refractivity contribution in [3.63, 3.8) is 0 Å². The molecule has 0 spiro atoms. The Balaban J connectivity index is 2.08. The molecule has 9 heteroatoms. The van der Waals surface area contributed by atoms with Crippen molar-refractivity contribution in [1.82, 2.24) is 10.4 Å². The maximum absolute atomic E-state index is 11.9. The zero-order chi connectivity index (χ0) is 16.3. The summed E-state index contributed by atoms with van der Waals surface area (Å²) in [6, 6.07) is 5.71. The number of benzene rings is 1. The summed E-state index contributed by atoms with van der Waals surface area (Å²) in [4.78, 5) is 26.7. The molecule has 0 saturated carbocycles. The van der Waals surface area contributed by atoms with Crippen LogP contribution in [-0.4, -0.2) is 16.8 Å². The normalized spacial score (nSPS) is 10.1. The number of nitrogens with one attached hydrogen (secondary N) is 2. The number of primary amides is 1. The van der Waals surface area contributed by atoms with Crippen LogP contribution in [0.15, 0.2) is 30.5 Å². The maximum atomic E-state index is 11.9. The molecule has 4 N–H and O–H groups in total. The van der Waals surface area contributed by atoms with Crippen molar-refractivity contribution in [3.8, 4) is 0 Å². The van der Waals surface area contributed by atoms with Gasteiger partial charge in [-0.25, -0.2) is 0 Å². The second-order valence-electron chi connectivity index (χ2n) is 4.12. The van der Waals surface area contributed by atoms with E-state index in [-0.39, 0.29) is 21.3 Å². The van der Waals surface area contributed by atoms with Crippen LogP contribution in [0.4, 0.5) is 5.69 Å². The van der Waals surface area contributed by atoms with Crippen LogP contribution in [-0.2, 0) is 0 Å². The van der Waals surface area contributed by atoms with Gasteiger partial charge in [-0.05, 0) is 24.3 Å². The van der Waals surface area contributed by atoms with Crippen molar-refractivity contribution in [2.45, 2.75) is 0 Å². The second kappa shape index (κ2) is 6.83. The number of carbonyl (C=O) groups is 2. The number of nitrogens with two attached hydrogens (primary N) is 1. The van der Waals surface area contributed by atoms with Crippen molar-refractivity contribution >= 4 is 52.3 Å². The molecule has 0 bridgehead atoms. The lowest BCUT2D eigenvalue weighted by Crippen LogP contribution is -2.30. The number of rotatable bonds is 4. The molecule has 0 aliphatic carbocycles. The Labute approximate surface area is 140 Å². The van der Waals surface area contributed by atoms with Gasteiger partial charge in [0.1, 0.15) is 5.69 Å². The molecule has 0 unspecified atom stereocenters. The zero-order valence-corrected chi connectivity index (χ0v) is 13.1. The largest absolute Gasteiger partial charge is 0.366 e. The Morgan fingerprint density at radius 3 is 2.23 bits per heavy atom. The number of amides is 2. The third kappa shape index (κ3) is 3.79. The van der Waals surface area contributed by atoms with Crippen LogP contribution in [0.5, 0.6) is 0 Å². The fraction of sp³-hybridized carbons (Fsp3) is 0. The van der Waals surface area contributed by atoms with Gasteiger partial charge < -0.3 is 5.73 Å². The first-order valence-electron chi connectivity index (χ1n) is 5.85. The highest BCUT2D eigenvalue weighted by Crippen LogP contribution is 2.33. The molecule has 0 atom stereocenters. The van der Waals surface area contributed by atoms with Gasteiger partial charge in [0.05, 0.1) is 21.3 Å². The molecular weight excluding hydrogens is 351 g/mol. The molecule has 2 aromatic rings. The van der Waals surface area contributed by atoms with E-state index in [1.165, 1.54) is 30.5 Å². The number of nitrogens with zero attached hydrogens (tertiary/aromatic N) is 1. The third-order valence-corrected chi connectivity index (χ3v) is 3.40. The van der Waals surface area contributed by atoms with Crippen LogP contribution in [0, 0.1) is 0 Å². The molecule has 0 radical (unpaired) electrons. The number of anilines is 1. The first-order valence-corrected chi connectivity index (χ1v) is 6.98. The van der Waals surface area contributed by atoms with Crippen LogP contribution in [0.25, 0.3) is 0 Å². The minimum Gasteiger partial charge on any atom is -0.366 e. The van der Waals surface area contributed by atoms with Crippen molar-refractivity contribution in [1.29, 1.82) is 0 Å². The van der Waals surface area contributed by atoms with Crippen LogP contribution in [0.1, 0.15) is 20.8 Å². The van der Waals surface area contributed by atoms with E-state index >= 15 is 0 Å². The van der Waals surface area contributed by atoms with Crippen molar-refractivity contribution < 1.29 is 9.59 Å². The molecule has 2 amide bonds. The van der Waals surface area contributed by atoms with E-state index in [2.05, 4.69) is 15.8 Å².